The first kappa shape index (κ1) is 18.3. The van der Waals surface area contributed by atoms with E-state index in [1.807, 2.05) is 42.9 Å². The molecule has 7 nitrogen and oxygen atoms in total. The second-order valence-corrected chi connectivity index (χ2v) is 7.25. The number of aromatic nitrogens is 5. The Bertz CT molecular complexity index is 982. The van der Waals surface area contributed by atoms with Gasteiger partial charge in [0.25, 0.3) is 0 Å². The lowest BCUT2D eigenvalue weighted by Crippen LogP contribution is -2.32. The topological polar surface area (TPSA) is 85.6 Å². The second-order valence-electron chi connectivity index (χ2n) is 7.25. The quantitative estimate of drug-likeness (QED) is 0.740. The van der Waals surface area contributed by atoms with Crippen molar-refractivity contribution >= 4 is 5.91 Å². The molecule has 1 aliphatic rings. The molecule has 1 unspecified atom stereocenters. The van der Waals surface area contributed by atoms with Gasteiger partial charge in [-0.25, -0.2) is 9.97 Å². The van der Waals surface area contributed by atoms with Crippen molar-refractivity contribution in [2.45, 2.75) is 52.1 Å². The highest BCUT2D eigenvalue weighted by Crippen LogP contribution is 2.29. The molecule has 1 aliphatic carbocycles. The number of amides is 1. The number of hydrogen-bond acceptors (Lipinski definition) is 5. The van der Waals surface area contributed by atoms with Crippen LogP contribution < -0.4 is 5.32 Å². The Morgan fingerprint density at radius 2 is 2.21 bits per heavy atom. The summed E-state index contributed by atoms with van der Waals surface area (Å²) in [6, 6.07) is 5.83. The number of rotatable bonds is 5. The summed E-state index contributed by atoms with van der Waals surface area (Å²) in [5, 5.41) is 7.57. The molecule has 144 valence electrons. The number of hydrogen-bond donors (Lipinski definition) is 1. The molecule has 3 aromatic heterocycles. The molecular formula is C21H24N6O. The summed E-state index contributed by atoms with van der Waals surface area (Å²) >= 11 is 0. The lowest BCUT2D eigenvalue weighted by molar-refractivity contribution is -0.122. The Kier molecular flexibility index (Phi) is 5.14. The molecule has 0 spiro atoms. The first-order valence-electron chi connectivity index (χ1n) is 9.67. The monoisotopic (exact) mass is 376 g/mol. The average Bonchev–Trinajstić information content (AvgIpc) is 3.04. The van der Waals surface area contributed by atoms with Gasteiger partial charge in [0, 0.05) is 54.1 Å². The van der Waals surface area contributed by atoms with Crippen LogP contribution in [0.3, 0.4) is 0 Å². The molecule has 7 heteroatoms. The molecule has 1 amide bonds. The van der Waals surface area contributed by atoms with Crippen LogP contribution in [0, 0.1) is 13.8 Å². The van der Waals surface area contributed by atoms with E-state index in [9.17, 15) is 4.79 Å². The Morgan fingerprint density at radius 3 is 2.96 bits per heavy atom. The van der Waals surface area contributed by atoms with E-state index in [1.54, 1.807) is 12.4 Å². The van der Waals surface area contributed by atoms with Gasteiger partial charge in [-0.1, -0.05) is 0 Å². The zero-order chi connectivity index (χ0) is 19.5. The molecule has 0 radical (unpaired) electrons. The Labute approximate surface area is 164 Å². The third kappa shape index (κ3) is 3.93. The molecule has 0 bridgehead atoms. The van der Waals surface area contributed by atoms with Crippen LogP contribution in [0.25, 0.3) is 11.4 Å². The van der Waals surface area contributed by atoms with Gasteiger partial charge in [0.05, 0.1) is 11.7 Å². The van der Waals surface area contributed by atoms with Crippen LogP contribution in [0.1, 0.15) is 47.9 Å². The zero-order valence-electron chi connectivity index (χ0n) is 16.2. The maximum Gasteiger partial charge on any atom is 0.222 e. The summed E-state index contributed by atoms with van der Waals surface area (Å²) in [7, 11) is 0. The van der Waals surface area contributed by atoms with Crippen molar-refractivity contribution in [3.8, 4) is 11.4 Å². The summed E-state index contributed by atoms with van der Waals surface area (Å²) in [5.74, 6) is 0.713. The lowest BCUT2D eigenvalue weighted by atomic mass is 9.92. The van der Waals surface area contributed by atoms with E-state index in [0.717, 1.165) is 47.5 Å². The maximum atomic E-state index is 12.5. The third-order valence-electron chi connectivity index (χ3n) is 5.09. The summed E-state index contributed by atoms with van der Waals surface area (Å²) < 4.78 is 1.88. The van der Waals surface area contributed by atoms with E-state index in [1.165, 1.54) is 0 Å². The molecule has 0 saturated heterocycles. The summed E-state index contributed by atoms with van der Waals surface area (Å²) in [4.78, 5) is 25.9. The van der Waals surface area contributed by atoms with E-state index in [-0.39, 0.29) is 11.9 Å². The van der Waals surface area contributed by atoms with E-state index < -0.39 is 0 Å². The van der Waals surface area contributed by atoms with Crippen molar-refractivity contribution in [3.05, 3.63) is 59.4 Å². The summed E-state index contributed by atoms with van der Waals surface area (Å²) in [6.45, 7) is 4.55. The largest absolute Gasteiger partial charge is 0.349 e. The number of carbonyl (C=O) groups is 1. The van der Waals surface area contributed by atoms with E-state index in [4.69, 9.17) is 4.98 Å². The van der Waals surface area contributed by atoms with Gasteiger partial charge >= 0.3 is 0 Å². The minimum atomic E-state index is -0.0281. The van der Waals surface area contributed by atoms with Crippen molar-refractivity contribution in [3.63, 3.8) is 0 Å². The van der Waals surface area contributed by atoms with Gasteiger partial charge < -0.3 is 5.32 Å². The number of nitrogens with zero attached hydrogens (tertiary/aromatic N) is 5. The highest BCUT2D eigenvalue weighted by atomic mass is 16.1. The highest BCUT2D eigenvalue weighted by Gasteiger charge is 2.24. The molecule has 3 heterocycles. The molecule has 0 saturated carbocycles. The molecule has 0 aromatic carbocycles. The number of pyridine rings is 1. The zero-order valence-corrected chi connectivity index (χ0v) is 16.2. The van der Waals surface area contributed by atoms with Gasteiger partial charge in [-0.15, -0.1) is 0 Å². The molecule has 0 aliphatic heterocycles. The summed E-state index contributed by atoms with van der Waals surface area (Å²) in [5.41, 5.74) is 4.99. The Hall–Kier alpha value is -3.09. The highest BCUT2D eigenvalue weighted by molar-refractivity contribution is 5.76. The number of aryl methyl sites for hydroxylation is 4. The standard InChI is InChI=1S/C21H24N6O/c1-14-11-15(2)27(26-14)10-8-20(28)24-18-6-3-7-19-17(18)13-23-21(25-19)16-5-4-9-22-12-16/h4-5,9,11-13,18H,3,6-8,10H2,1-2H3,(H,24,28). The second kappa shape index (κ2) is 7.88. The van der Waals surface area contributed by atoms with Gasteiger partial charge in [-0.2, -0.15) is 5.10 Å². The number of nitrogens with one attached hydrogen (secondary N) is 1. The van der Waals surface area contributed by atoms with Crippen LogP contribution in [0.4, 0.5) is 0 Å². The molecule has 1 atom stereocenters. The molecule has 4 rings (SSSR count). The number of fused-ring (bicyclic) bond motifs is 1. The third-order valence-corrected chi connectivity index (χ3v) is 5.09. The first-order chi connectivity index (χ1) is 13.6. The molecule has 3 aromatic rings. The van der Waals surface area contributed by atoms with Crippen molar-refractivity contribution < 1.29 is 4.79 Å². The van der Waals surface area contributed by atoms with Crippen LogP contribution >= 0.6 is 0 Å². The molecule has 1 N–H and O–H groups in total. The lowest BCUT2D eigenvalue weighted by Gasteiger charge is -2.25. The fourth-order valence-corrected chi connectivity index (χ4v) is 3.71. The average molecular weight is 376 g/mol. The molecule has 28 heavy (non-hydrogen) atoms. The van der Waals surface area contributed by atoms with Gasteiger partial charge in [0.15, 0.2) is 5.82 Å². The van der Waals surface area contributed by atoms with Crippen molar-refractivity contribution in [2.24, 2.45) is 0 Å². The smallest absolute Gasteiger partial charge is 0.222 e. The van der Waals surface area contributed by atoms with Crippen LogP contribution in [-0.2, 0) is 17.8 Å². The predicted octanol–water partition coefficient (Wildman–Crippen LogP) is 2.94. The fourth-order valence-electron chi connectivity index (χ4n) is 3.71. The van der Waals surface area contributed by atoms with E-state index >= 15 is 0 Å². The number of carbonyl (C=O) groups excluding carboxylic acids is 1. The van der Waals surface area contributed by atoms with Gasteiger partial charge in [-0.05, 0) is 51.3 Å². The molecule has 0 fully saturated rings. The first-order valence-corrected chi connectivity index (χ1v) is 9.67. The van der Waals surface area contributed by atoms with Crippen molar-refractivity contribution in [1.29, 1.82) is 0 Å². The van der Waals surface area contributed by atoms with Crippen LogP contribution in [0.2, 0.25) is 0 Å². The van der Waals surface area contributed by atoms with Crippen LogP contribution in [0.5, 0.6) is 0 Å². The van der Waals surface area contributed by atoms with Gasteiger partial charge in [-0.3, -0.25) is 14.5 Å². The van der Waals surface area contributed by atoms with Crippen molar-refractivity contribution in [2.75, 3.05) is 0 Å². The Morgan fingerprint density at radius 1 is 1.32 bits per heavy atom. The summed E-state index contributed by atoms with van der Waals surface area (Å²) in [6.07, 6.45) is 8.58. The van der Waals surface area contributed by atoms with Crippen LogP contribution in [-0.4, -0.2) is 30.6 Å². The minimum absolute atomic E-state index is 0.0281. The predicted molar refractivity (Wildman–Crippen MR) is 105 cm³/mol. The SMILES string of the molecule is Cc1cc(C)n(CCC(=O)NC2CCCc3nc(-c4cccnc4)ncc32)n1. The molecular weight excluding hydrogens is 352 g/mol. The van der Waals surface area contributed by atoms with E-state index in [2.05, 4.69) is 20.4 Å². The Balaban J connectivity index is 1.44. The van der Waals surface area contributed by atoms with Gasteiger partial charge in [0.2, 0.25) is 5.91 Å². The van der Waals surface area contributed by atoms with Crippen molar-refractivity contribution in [1.82, 2.24) is 30.0 Å². The van der Waals surface area contributed by atoms with Gasteiger partial charge in [0.1, 0.15) is 0 Å². The normalized spacial score (nSPS) is 15.9. The minimum Gasteiger partial charge on any atom is -0.349 e. The van der Waals surface area contributed by atoms with Crippen LogP contribution in [0.15, 0.2) is 36.8 Å². The maximum absolute atomic E-state index is 12.5. The van der Waals surface area contributed by atoms with E-state index in [0.29, 0.717) is 18.8 Å². The fraction of sp³-hybridized carbons (Fsp3) is 0.381.